The first-order valence-corrected chi connectivity index (χ1v) is 8.11. The smallest absolute Gasteiger partial charge is 0.170 e. The minimum Gasteiger partial charge on any atom is -0.362 e. The van der Waals surface area contributed by atoms with Crippen molar-refractivity contribution < 1.29 is 0 Å². The molecule has 0 aliphatic heterocycles. The zero-order valence-electron chi connectivity index (χ0n) is 11.6. The van der Waals surface area contributed by atoms with Crippen LogP contribution in [0.5, 0.6) is 0 Å². The third kappa shape index (κ3) is 5.30. The largest absolute Gasteiger partial charge is 0.362 e. The van der Waals surface area contributed by atoms with Crippen LogP contribution in [0.4, 0.5) is 5.69 Å². The molecule has 0 unspecified atom stereocenters. The molecule has 0 bridgehead atoms. The average Bonchev–Trinajstić information content (AvgIpc) is 2.85. The van der Waals surface area contributed by atoms with Gasteiger partial charge in [-0.25, -0.2) is 0 Å². The molecule has 2 rings (SSSR count). The number of aryl methyl sites for hydroxylation is 2. The van der Waals surface area contributed by atoms with E-state index in [0.29, 0.717) is 5.11 Å². The first-order chi connectivity index (χ1) is 10.0. The van der Waals surface area contributed by atoms with Crippen molar-refractivity contribution in [3.8, 4) is 0 Å². The van der Waals surface area contributed by atoms with E-state index in [1.54, 1.807) is 6.20 Å². The van der Waals surface area contributed by atoms with Crippen molar-refractivity contribution in [1.82, 2.24) is 15.1 Å². The van der Waals surface area contributed by atoms with E-state index in [2.05, 4.69) is 31.7 Å². The highest BCUT2D eigenvalue weighted by atomic mass is 79.9. The zero-order chi connectivity index (χ0) is 15.2. The predicted octanol–water partition coefficient (Wildman–Crippen LogP) is 3.98. The van der Waals surface area contributed by atoms with Crippen molar-refractivity contribution in [3.05, 3.63) is 45.7 Å². The molecular weight excluding hydrogens is 372 g/mol. The van der Waals surface area contributed by atoms with E-state index >= 15 is 0 Å². The van der Waals surface area contributed by atoms with Crippen LogP contribution in [0.1, 0.15) is 12.0 Å². The van der Waals surface area contributed by atoms with Gasteiger partial charge < -0.3 is 10.6 Å². The lowest BCUT2D eigenvalue weighted by molar-refractivity contribution is 0.573. The van der Waals surface area contributed by atoms with Gasteiger partial charge in [0.15, 0.2) is 5.11 Å². The molecule has 0 fully saturated rings. The highest BCUT2D eigenvalue weighted by Gasteiger charge is 2.01. The molecule has 0 saturated carbocycles. The van der Waals surface area contributed by atoms with E-state index in [9.17, 15) is 0 Å². The predicted molar refractivity (Wildman–Crippen MR) is 95.0 cm³/mol. The van der Waals surface area contributed by atoms with Gasteiger partial charge in [-0.2, -0.15) is 5.10 Å². The molecule has 0 spiro atoms. The molecule has 1 aromatic carbocycles. The van der Waals surface area contributed by atoms with Gasteiger partial charge in [0.1, 0.15) is 0 Å². The summed E-state index contributed by atoms with van der Waals surface area (Å²) in [7, 11) is 0. The Kier molecular flexibility index (Phi) is 6.02. The molecular formula is C14H16BrClN4S. The molecule has 112 valence electrons. The molecule has 0 radical (unpaired) electrons. The third-order valence-corrected chi connectivity index (χ3v) is 3.94. The van der Waals surface area contributed by atoms with Crippen LogP contribution in [0.3, 0.4) is 0 Å². The average molecular weight is 388 g/mol. The number of benzene rings is 1. The van der Waals surface area contributed by atoms with Crippen molar-refractivity contribution in [2.45, 2.75) is 19.9 Å². The molecule has 0 amide bonds. The summed E-state index contributed by atoms with van der Waals surface area (Å²) in [4.78, 5) is 0. The van der Waals surface area contributed by atoms with Gasteiger partial charge in [-0.3, -0.25) is 4.68 Å². The second-order valence-electron chi connectivity index (χ2n) is 4.62. The summed E-state index contributed by atoms with van der Waals surface area (Å²) < 4.78 is 2.88. The second-order valence-corrected chi connectivity index (χ2v) is 6.35. The lowest BCUT2D eigenvalue weighted by atomic mass is 10.2. The topological polar surface area (TPSA) is 41.9 Å². The summed E-state index contributed by atoms with van der Waals surface area (Å²) >= 11 is 14.7. The summed E-state index contributed by atoms with van der Waals surface area (Å²) in [6.45, 7) is 3.59. The standard InChI is InChI=1S/C14H16BrClN4S/c1-10-3-4-12(7-13(10)16)19-14(21)17-5-2-6-20-9-11(15)8-18-20/h3-4,7-9H,2,5-6H2,1H3,(H2,17,19,21). The Morgan fingerprint density at radius 3 is 2.95 bits per heavy atom. The van der Waals surface area contributed by atoms with Crippen LogP contribution in [0.15, 0.2) is 35.1 Å². The normalized spacial score (nSPS) is 10.4. The number of nitrogens with zero attached hydrogens (tertiary/aromatic N) is 2. The van der Waals surface area contributed by atoms with Gasteiger partial charge in [0.25, 0.3) is 0 Å². The van der Waals surface area contributed by atoms with Gasteiger partial charge in [0, 0.05) is 30.0 Å². The Labute approximate surface area is 143 Å². The van der Waals surface area contributed by atoms with E-state index in [-0.39, 0.29) is 0 Å². The van der Waals surface area contributed by atoms with E-state index in [1.807, 2.05) is 36.0 Å². The fraction of sp³-hybridized carbons (Fsp3) is 0.286. The minimum atomic E-state index is 0.594. The fourth-order valence-corrected chi connectivity index (χ4v) is 2.48. The number of rotatable bonds is 5. The zero-order valence-corrected chi connectivity index (χ0v) is 14.7. The van der Waals surface area contributed by atoms with E-state index < -0.39 is 0 Å². The van der Waals surface area contributed by atoms with Crippen molar-refractivity contribution in [3.63, 3.8) is 0 Å². The van der Waals surface area contributed by atoms with Crippen LogP contribution < -0.4 is 10.6 Å². The van der Waals surface area contributed by atoms with Gasteiger partial charge in [-0.15, -0.1) is 0 Å². The van der Waals surface area contributed by atoms with Gasteiger partial charge >= 0.3 is 0 Å². The maximum absolute atomic E-state index is 6.08. The molecule has 2 aromatic rings. The Balaban J connectivity index is 1.71. The molecule has 0 aliphatic carbocycles. The van der Waals surface area contributed by atoms with Crippen LogP contribution in [0.2, 0.25) is 5.02 Å². The molecule has 0 saturated heterocycles. The molecule has 4 nitrogen and oxygen atoms in total. The summed E-state index contributed by atoms with van der Waals surface area (Å²) in [5, 5.41) is 11.8. The number of aromatic nitrogens is 2. The van der Waals surface area contributed by atoms with Gasteiger partial charge in [-0.1, -0.05) is 17.7 Å². The monoisotopic (exact) mass is 386 g/mol. The first kappa shape index (κ1) is 16.3. The van der Waals surface area contributed by atoms with E-state index in [4.69, 9.17) is 23.8 Å². The van der Waals surface area contributed by atoms with Crippen LogP contribution in [0, 0.1) is 6.92 Å². The van der Waals surface area contributed by atoms with Crippen molar-refractivity contribution in [2.24, 2.45) is 0 Å². The Hall–Kier alpha value is -1.11. The third-order valence-electron chi connectivity index (χ3n) is 2.88. The summed E-state index contributed by atoms with van der Waals surface area (Å²) in [5.74, 6) is 0. The summed E-state index contributed by atoms with van der Waals surface area (Å²) in [5.41, 5.74) is 1.94. The number of anilines is 1. The molecule has 21 heavy (non-hydrogen) atoms. The Morgan fingerprint density at radius 2 is 2.29 bits per heavy atom. The number of halogens is 2. The number of hydrogen-bond donors (Lipinski definition) is 2. The number of thiocarbonyl (C=S) groups is 1. The van der Waals surface area contributed by atoms with E-state index in [1.165, 1.54) is 0 Å². The van der Waals surface area contributed by atoms with Crippen LogP contribution in [-0.4, -0.2) is 21.4 Å². The molecule has 0 atom stereocenters. The molecule has 1 heterocycles. The van der Waals surface area contributed by atoms with Gasteiger partial charge in [0.05, 0.1) is 10.7 Å². The number of nitrogens with one attached hydrogen (secondary N) is 2. The Bertz CT molecular complexity index is 629. The summed E-state index contributed by atoms with van der Waals surface area (Å²) in [6, 6.07) is 5.78. The van der Waals surface area contributed by atoms with Gasteiger partial charge in [-0.05, 0) is 59.2 Å². The van der Waals surface area contributed by atoms with Crippen molar-refractivity contribution in [1.29, 1.82) is 0 Å². The van der Waals surface area contributed by atoms with Crippen molar-refractivity contribution in [2.75, 3.05) is 11.9 Å². The van der Waals surface area contributed by atoms with Crippen molar-refractivity contribution >= 4 is 50.5 Å². The summed E-state index contributed by atoms with van der Waals surface area (Å²) in [6.07, 6.45) is 4.66. The Morgan fingerprint density at radius 1 is 1.48 bits per heavy atom. The quantitative estimate of drug-likeness (QED) is 0.601. The first-order valence-electron chi connectivity index (χ1n) is 6.53. The van der Waals surface area contributed by atoms with Gasteiger partial charge in [0.2, 0.25) is 0 Å². The van der Waals surface area contributed by atoms with Crippen LogP contribution in [0.25, 0.3) is 0 Å². The van der Waals surface area contributed by atoms with E-state index in [0.717, 1.165) is 40.3 Å². The second kappa shape index (κ2) is 7.77. The molecule has 0 aliphatic rings. The highest BCUT2D eigenvalue weighted by Crippen LogP contribution is 2.19. The maximum Gasteiger partial charge on any atom is 0.170 e. The lowest BCUT2D eigenvalue weighted by Gasteiger charge is -2.11. The number of hydrogen-bond acceptors (Lipinski definition) is 2. The molecule has 7 heteroatoms. The molecule has 1 aromatic heterocycles. The SMILES string of the molecule is Cc1ccc(NC(=S)NCCCn2cc(Br)cn2)cc1Cl. The molecule has 2 N–H and O–H groups in total. The van der Waals surface area contributed by atoms with Crippen LogP contribution in [-0.2, 0) is 6.54 Å². The van der Waals surface area contributed by atoms with Crippen LogP contribution >= 0.6 is 39.7 Å². The highest BCUT2D eigenvalue weighted by molar-refractivity contribution is 9.10. The maximum atomic E-state index is 6.08. The fourth-order valence-electron chi connectivity index (χ4n) is 1.75. The lowest BCUT2D eigenvalue weighted by Crippen LogP contribution is -2.29. The minimum absolute atomic E-state index is 0.594.